The van der Waals surface area contributed by atoms with Gasteiger partial charge in [0.05, 0.1) is 25.4 Å². The van der Waals surface area contributed by atoms with E-state index in [9.17, 15) is 30.3 Å². The first-order chi connectivity index (χ1) is 32.8. The van der Waals surface area contributed by atoms with Gasteiger partial charge in [0.2, 0.25) is 5.91 Å². The number of hydrogen-bond acceptors (Lipinski definition) is 8. The van der Waals surface area contributed by atoms with Gasteiger partial charge in [-0.1, -0.05) is 214 Å². The molecule has 6 N–H and O–H groups in total. The normalized spacial score (nSPS) is 20.5. The molecule has 0 aromatic heterocycles. The molecule has 67 heavy (non-hydrogen) atoms. The highest BCUT2D eigenvalue weighted by molar-refractivity contribution is 5.76. The highest BCUT2D eigenvalue weighted by Crippen LogP contribution is 2.23. The maximum absolute atomic E-state index is 13.0. The van der Waals surface area contributed by atoms with Gasteiger partial charge in [0, 0.05) is 6.42 Å². The highest BCUT2D eigenvalue weighted by atomic mass is 16.7. The van der Waals surface area contributed by atoms with Crippen molar-refractivity contribution in [2.24, 2.45) is 0 Å². The number of ether oxygens (including phenoxy) is 2. The Hall–Kier alpha value is -2.89. The van der Waals surface area contributed by atoms with Crippen LogP contribution < -0.4 is 5.32 Å². The van der Waals surface area contributed by atoms with Gasteiger partial charge in [0.1, 0.15) is 24.4 Å². The molecular formula is C58H99NO8. The summed E-state index contributed by atoms with van der Waals surface area (Å²) in [4.78, 5) is 13.0. The summed E-state index contributed by atoms with van der Waals surface area (Å²) < 4.78 is 11.2. The van der Waals surface area contributed by atoms with Crippen LogP contribution in [0.25, 0.3) is 0 Å². The molecule has 384 valence electrons. The molecule has 0 radical (unpaired) electrons. The topological polar surface area (TPSA) is 149 Å². The first kappa shape index (κ1) is 62.1. The van der Waals surface area contributed by atoms with Crippen molar-refractivity contribution in [1.29, 1.82) is 0 Å². The predicted octanol–water partition coefficient (Wildman–Crippen LogP) is 12.8. The van der Waals surface area contributed by atoms with Crippen LogP contribution in [0.15, 0.2) is 97.2 Å². The van der Waals surface area contributed by atoms with E-state index in [0.29, 0.717) is 6.42 Å². The average Bonchev–Trinajstić information content (AvgIpc) is 3.33. The summed E-state index contributed by atoms with van der Waals surface area (Å²) in [6.07, 6.45) is 60.6. The second kappa shape index (κ2) is 46.8. The molecule has 1 heterocycles. The van der Waals surface area contributed by atoms with Gasteiger partial charge in [-0.05, 0) is 83.5 Å². The van der Waals surface area contributed by atoms with Crippen LogP contribution in [0.4, 0.5) is 0 Å². The fourth-order valence-electron chi connectivity index (χ4n) is 7.87. The summed E-state index contributed by atoms with van der Waals surface area (Å²) >= 11 is 0. The Morgan fingerprint density at radius 2 is 0.940 bits per heavy atom. The summed E-state index contributed by atoms with van der Waals surface area (Å²) in [6.45, 7) is 3.55. The lowest BCUT2D eigenvalue weighted by atomic mass is 9.99. The van der Waals surface area contributed by atoms with Gasteiger partial charge in [-0.3, -0.25) is 4.79 Å². The molecule has 0 saturated carbocycles. The van der Waals surface area contributed by atoms with E-state index in [1.807, 2.05) is 6.08 Å². The SMILES string of the molecule is CC/C=C\C/C=C\C/C=C\C/C=C\C/C=C\CCCCCCCCCCCCCCCCCCCC(=O)NC(COC1OC(CO)C(O)C(O)C1O)C(O)/C=C/CC/C=C/CC/C=C/CCC. The zero-order chi connectivity index (χ0) is 48.7. The standard InChI is InChI=1S/C58H99NO8/c1-3-5-7-9-11-13-15-16-17-18-19-20-21-22-23-24-25-26-27-28-29-30-31-32-33-34-35-36-38-40-42-44-46-48-54(62)59-51(50-66-58-57(65)56(64)55(63)53(49-60)67-58)52(61)47-45-43-41-39-37-14-12-10-8-6-4-2/h5,7-8,10-11,13,16-17,19-20,22-23,37,39,45,47,51-53,55-58,60-61,63-65H,3-4,6,9,12,14-15,18,21,24-36,38,40-44,46,48-50H2,1-2H3,(H,59,62)/b7-5-,10-8+,13-11-,17-16-,20-19-,23-22-,39-37+,47-45+. The Morgan fingerprint density at radius 1 is 0.522 bits per heavy atom. The molecule has 7 atom stereocenters. The summed E-state index contributed by atoms with van der Waals surface area (Å²) in [5, 5.41) is 54.2. The van der Waals surface area contributed by atoms with E-state index in [4.69, 9.17) is 9.47 Å². The zero-order valence-electron chi connectivity index (χ0n) is 42.4. The number of rotatable bonds is 44. The van der Waals surface area contributed by atoms with E-state index in [1.165, 1.54) is 96.3 Å². The molecule has 0 aromatic rings. The van der Waals surface area contributed by atoms with E-state index in [0.717, 1.165) is 89.9 Å². The van der Waals surface area contributed by atoms with E-state index in [2.05, 4.69) is 104 Å². The van der Waals surface area contributed by atoms with Crippen LogP contribution in [-0.4, -0.2) is 87.5 Å². The van der Waals surface area contributed by atoms with Crippen LogP contribution in [0.3, 0.4) is 0 Å². The molecular weight excluding hydrogens is 839 g/mol. The van der Waals surface area contributed by atoms with Crippen LogP contribution in [0, 0.1) is 0 Å². The molecule has 1 fully saturated rings. The van der Waals surface area contributed by atoms with Gasteiger partial charge < -0.3 is 40.3 Å². The first-order valence-corrected chi connectivity index (χ1v) is 27.0. The number of nitrogens with one attached hydrogen (secondary N) is 1. The van der Waals surface area contributed by atoms with E-state index < -0.39 is 49.5 Å². The summed E-state index contributed by atoms with van der Waals surface area (Å²) in [5.41, 5.74) is 0. The van der Waals surface area contributed by atoms with Crippen LogP contribution in [-0.2, 0) is 14.3 Å². The highest BCUT2D eigenvalue weighted by Gasteiger charge is 2.44. The number of allylic oxidation sites excluding steroid dienone is 15. The fraction of sp³-hybridized carbons (Fsp3) is 0.707. The Labute approximate surface area is 409 Å². The maximum atomic E-state index is 13.0. The monoisotopic (exact) mass is 938 g/mol. The second-order valence-electron chi connectivity index (χ2n) is 18.3. The largest absolute Gasteiger partial charge is 0.394 e. The van der Waals surface area contributed by atoms with Gasteiger partial charge in [-0.2, -0.15) is 0 Å². The lowest BCUT2D eigenvalue weighted by Crippen LogP contribution is -2.60. The maximum Gasteiger partial charge on any atom is 0.220 e. The van der Waals surface area contributed by atoms with Crippen LogP contribution in [0.2, 0.25) is 0 Å². The van der Waals surface area contributed by atoms with E-state index in [1.54, 1.807) is 6.08 Å². The summed E-state index contributed by atoms with van der Waals surface area (Å²) in [5.74, 6) is -0.196. The van der Waals surface area contributed by atoms with Crippen LogP contribution >= 0.6 is 0 Å². The average molecular weight is 938 g/mol. The molecule has 0 aromatic carbocycles. The lowest BCUT2D eigenvalue weighted by Gasteiger charge is -2.40. The Balaban J connectivity index is 2.13. The number of aliphatic hydroxyl groups is 5. The molecule has 9 nitrogen and oxygen atoms in total. The molecule has 9 heteroatoms. The molecule has 0 aliphatic carbocycles. The van der Waals surface area contributed by atoms with Crippen molar-refractivity contribution in [3.63, 3.8) is 0 Å². The summed E-state index contributed by atoms with van der Waals surface area (Å²) in [7, 11) is 0. The minimum atomic E-state index is -1.58. The molecule has 1 aliphatic rings. The minimum Gasteiger partial charge on any atom is -0.394 e. The first-order valence-electron chi connectivity index (χ1n) is 27.0. The molecule has 1 rings (SSSR count). The lowest BCUT2D eigenvalue weighted by molar-refractivity contribution is -0.302. The van der Waals surface area contributed by atoms with Crippen LogP contribution in [0.5, 0.6) is 0 Å². The van der Waals surface area contributed by atoms with Crippen LogP contribution in [0.1, 0.15) is 206 Å². The quantitative estimate of drug-likeness (QED) is 0.0261. The molecule has 0 bridgehead atoms. The van der Waals surface area contributed by atoms with Crippen molar-refractivity contribution >= 4 is 5.91 Å². The zero-order valence-corrected chi connectivity index (χ0v) is 42.4. The van der Waals surface area contributed by atoms with Crippen molar-refractivity contribution < 1.29 is 39.8 Å². The van der Waals surface area contributed by atoms with E-state index >= 15 is 0 Å². The number of aliphatic hydroxyl groups excluding tert-OH is 5. The van der Waals surface area contributed by atoms with Crippen molar-refractivity contribution in [3.05, 3.63) is 97.2 Å². The van der Waals surface area contributed by atoms with Gasteiger partial charge in [-0.25, -0.2) is 0 Å². The minimum absolute atomic E-state index is 0.196. The molecule has 1 aliphatic heterocycles. The van der Waals surface area contributed by atoms with Crippen molar-refractivity contribution in [2.75, 3.05) is 13.2 Å². The number of carbonyl (C=O) groups excluding carboxylic acids is 1. The number of unbranched alkanes of at least 4 members (excludes halogenated alkanes) is 20. The number of carbonyl (C=O) groups is 1. The molecule has 1 amide bonds. The molecule has 1 saturated heterocycles. The van der Waals surface area contributed by atoms with Crippen molar-refractivity contribution in [3.8, 4) is 0 Å². The Kier molecular flexibility index (Phi) is 43.4. The van der Waals surface area contributed by atoms with Gasteiger partial charge >= 0.3 is 0 Å². The third kappa shape index (κ3) is 36.7. The van der Waals surface area contributed by atoms with Gasteiger partial charge in [0.15, 0.2) is 6.29 Å². The number of amides is 1. The number of hydrogen-bond donors (Lipinski definition) is 6. The predicted molar refractivity (Wildman–Crippen MR) is 281 cm³/mol. The van der Waals surface area contributed by atoms with Gasteiger partial charge in [0.25, 0.3) is 0 Å². The van der Waals surface area contributed by atoms with Crippen molar-refractivity contribution in [2.45, 2.75) is 249 Å². The fourth-order valence-corrected chi connectivity index (χ4v) is 7.87. The van der Waals surface area contributed by atoms with E-state index in [-0.39, 0.29) is 12.5 Å². The third-order valence-corrected chi connectivity index (χ3v) is 12.1. The summed E-state index contributed by atoms with van der Waals surface area (Å²) in [6, 6.07) is -0.830. The smallest absolute Gasteiger partial charge is 0.220 e. The molecule has 0 spiro atoms. The Morgan fingerprint density at radius 3 is 1.42 bits per heavy atom. The molecule has 7 unspecified atom stereocenters. The van der Waals surface area contributed by atoms with Gasteiger partial charge in [-0.15, -0.1) is 0 Å². The Bertz CT molecular complexity index is 1370. The second-order valence-corrected chi connectivity index (χ2v) is 18.3. The third-order valence-electron chi connectivity index (χ3n) is 12.1. The van der Waals surface area contributed by atoms with Crippen molar-refractivity contribution in [1.82, 2.24) is 5.32 Å².